The van der Waals surface area contributed by atoms with Crippen molar-refractivity contribution in [1.29, 1.82) is 0 Å². The summed E-state index contributed by atoms with van der Waals surface area (Å²) in [5.74, 6) is -2.67. The summed E-state index contributed by atoms with van der Waals surface area (Å²) in [5.41, 5.74) is 1.97. The van der Waals surface area contributed by atoms with Crippen LogP contribution in [0.15, 0.2) is 30.8 Å². The molecule has 1 heterocycles. The number of Topliss-reactive ketones (excluding diaryl/α,β-unsaturated/α-hetero) is 1. The first kappa shape index (κ1) is 15.0. The predicted octanol–water partition coefficient (Wildman–Crippen LogP) is 1.86. The topological polar surface area (TPSA) is 69.7 Å². The Hall–Kier alpha value is -2.43. The third-order valence-corrected chi connectivity index (χ3v) is 3.63. The Morgan fingerprint density at radius 2 is 1.81 bits per heavy atom. The van der Waals surface area contributed by atoms with Gasteiger partial charge in [0, 0.05) is 11.5 Å². The Bertz CT molecular complexity index is 600. The van der Waals surface area contributed by atoms with Gasteiger partial charge in [0.1, 0.15) is 0 Å². The molecule has 0 aromatic heterocycles. The number of rotatable bonds is 4. The lowest BCUT2D eigenvalue weighted by atomic mass is 9.85. The molecule has 5 heteroatoms. The van der Waals surface area contributed by atoms with Crippen LogP contribution in [0.2, 0.25) is 0 Å². The zero-order valence-corrected chi connectivity index (χ0v) is 11.9. The number of ether oxygens (including phenoxy) is 2. The van der Waals surface area contributed by atoms with Gasteiger partial charge in [-0.25, -0.2) is 0 Å². The van der Waals surface area contributed by atoms with Crippen molar-refractivity contribution < 1.29 is 23.9 Å². The number of esters is 2. The van der Waals surface area contributed by atoms with E-state index < -0.39 is 23.8 Å². The van der Waals surface area contributed by atoms with Gasteiger partial charge >= 0.3 is 11.9 Å². The van der Waals surface area contributed by atoms with E-state index in [1.165, 1.54) is 14.0 Å². The van der Waals surface area contributed by atoms with Crippen LogP contribution < -0.4 is 0 Å². The van der Waals surface area contributed by atoms with Crippen LogP contribution in [0.4, 0.5) is 0 Å². The fraction of sp³-hybridized carbons (Fsp3) is 0.312. The molecule has 1 fully saturated rings. The SMILES string of the molecule is C=C(c1ccc(C(C)=O)cc1)[C@H]1COC(=O)[C@@H]1C(=O)OC. The van der Waals surface area contributed by atoms with Gasteiger partial charge in [0.15, 0.2) is 11.7 Å². The normalized spacial score (nSPS) is 20.8. The molecule has 1 aromatic carbocycles. The van der Waals surface area contributed by atoms with Crippen LogP contribution in [-0.2, 0) is 19.1 Å². The Morgan fingerprint density at radius 3 is 2.33 bits per heavy atom. The zero-order valence-electron chi connectivity index (χ0n) is 11.9. The molecule has 1 aliphatic heterocycles. The summed E-state index contributed by atoms with van der Waals surface area (Å²) in [6.45, 7) is 5.55. The van der Waals surface area contributed by atoms with Crippen LogP contribution in [0.3, 0.4) is 0 Å². The average Bonchev–Trinajstić information content (AvgIpc) is 2.87. The number of hydrogen-bond acceptors (Lipinski definition) is 5. The molecule has 0 aliphatic carbocycles. The molecule has 0 saturated carbocycles. The standard InChI is InChI=1S/C16H16O5/c1-9(11-4-6-12(7-5-11)10(2)17)13-8-21-16(19)14(13)15(18)20-3/h4-7,13-14H,1,8H2,2-3H3/t13-,14+/m1/s1. The Labute approximate surface area is 122 Å². The molecule has 0 bridgehead atoms. The third kappa shape index (κ3) is 2.86. The predicted molar refractivity (Wildman–Crippen MR) is 75.4 cm³/mol. The second kappa shape index (κ2) is 5.91. The van der Waals surface area contributed by atoms with Crippen molar-refractivity contribution in [3.8, 4) is 0 Å². The number of cyclic esters (lactones) is 1. The quantitative estimate of drug-likeness (QED) is 0.480. The van der Waals surface area contributed by atoms with Crippen molar-refractivity contribution in [2.75, 3.05) is 13.7 Å². The molecule has 110 valence electrons. The van der Waals surface area contributed by atoms with Crippen LogP contribution in [0.5, 0.6) is 0 Å². The largest absolute Gasteiger partial charge is 0.468 e. The van der Waals surface area contributed by atoms with Gasteiger partial charge in [-0.3, -0.25) is 14.4 Å². The maximum Gasteiger partial charge on any atom is 0.321 e. The van der Waals surface area contributed by atoms with Gasteiger partial charge in [-0.2, -0.15) is 0 Å². The highest BCUT2D eigenvalue weighted by molar-refractivity contribution is 5.99. The smallest absolute Gasteiger partial charge is 0.321 e. The molecule has 5 nitrogen and oxygen atoms in total. The van der Waals surface area contributed by atoms with Crippen molar-refractivity contribution in [3.05, 3.63) is 42.0 Å². The highest BCUT2D eigenvalue weighted by Crippen LogP contribution is 2.34. The van der Waals surface area contributed by atoms with E-state index in [0.29, 0.717) is 11.1 Å². The summed E-state index contributed by atoms with van der Waals surface area (Å²) in [5, 5.41) is 0. The van der Waals surface area contributed by atoms with Crippen LogP contribution in [0, 0.1) is 11.8 Å². The molecule has 2 atom stereocenters. The second-order valence-electron chi connectivity index (χ2n) is 4.90. The van der Waals surface area contributed by atoms with E-state index in [1.807, 2.05) is 0 Å². The number of carbonyl (C=O) groups excluding carboxylic acids is 3. The molecular weight excluding hydrogens is 272 g/mol. The minimum Gasteiger partial charge on any atom is -0.468 e. The van der Waals surface area contributed by atoms with Crippen molar-refractivity contribution in [3.63, 3.8) is 0 Å². The van der Waals surface area contributed by atoms with Gasteiger partial charge in [-0.1, -0.05) is 30.8 Å². The second-order valence-corrected chi connectivity index (χ2v) is 4.90. The van der Waals surface area contributed by atoms with E-state index >= 15 is 0 Å². The maximum atomic E-state index is 11.7. The molecule has 0 unspecified atom stereocenters. The highest BCUT2D eigenvalue weighted by atomic mass is 16.6. The van der Waals surface area contributed by atoms with Gasteiger partial charge in [-0.05, 0) is 18.1 Å². The van der Waals surface area contributed by atoms with Gasteiger partial charge in [-0.15, -0.1) is 0 Å². The van der Waals surface area contributed by atoms with Gasteiger partial charge in [0.2, 0.25) is 0 Å². The summed E-state index contributed by atoms with van der Waals surface area (Å²) >= 11 is 0. The Kier molecular flexibility index (Phi) is 4.21. The number of carbonyl (C=O) groups is 3. The fourth-order valence-corrected chi connectivity index (χ4v) is 2.34. The van der Waals surface area contributed by atoms with E-state index in [0.717, 1.165) is 5.56 Å². The lowest BCUT2D eigenvalue weighted by Gasteiger charge is -2.16. The molecule has 0 N–H and O–H groups in total. The van der Waals surface area contributed by atoms with Crippen molar-refractivity contribution in [2.45, 2.75) is 6.92 Å². The van der Waals surface area contributed by atoms with Gasteiger partial charge in [0.25, 0.3) is 0 Å². The average molecular weight is 288 g/mol. The maximum absolute atomic E-state index is 11.7. The molecule has 2 rings (SSSR count). The summed E-state index contributed by atoms with van der Waals surface area (Å²) in [7, 11) is 1.23. The molecule has 1 aliphatic rings. The van der Waals surface area contributed by atoms with E-state index in [-0.39, 0.29) is 12.4 Å². The summed E-state index contributed by atoms with van der Waals surface area (Å²) in [4.78, 5) is 34.6. The highest BCUT2D eigenvalue weighted by Gasteiger charge is 2.44. The molecule has 1 aromatic rings. The molecule has 21 heavy (non-hydrogen) atoms. The number of methoxy groups -OCH3 is 1. The summed E-state index contributed by atoms with van der Waals surface area (Å²) < 4.78 is 9.60. The number of ketones is 1. The lowest BCUT2D eigenvalue weighted by molar-refractivity contribution is -0.154. The lowest BCUT2D eigenvalue weighted by Crippen LogP contribution is -2.27. The zero-order chi connectivity index (χ0) is 15.6. The summed E-state index contributed by atoms with van der Waals surface area (Å²) in [6.07, 6.45) is 0. The van der Waals surface area contributed by atoms with Crippen molar-refractivity contribution in [1.82, 2.24) is 0 Å². The van der Waals surface area contributed by atoms with Gasteiger partial charge in [0.05, 0.1) is 13.7 Å². The number of hydrogen-bond donors (Lipinski definition) is 0. The summed E-state index contributed by atoms with van der Waals surface area (Å²) in [6, 6.07) is 6.87. The first-order valence-electron chi connectivity index (χ1n) is 6.50. The monoisotopic (exact) mass is 288 g/mol. The molecule has 1 saturated heterocycles. The van der Waals surface area contributed by atoms with Crippen LogP contribution in [-0.4, -0.2) is 31.4 Å². The van der Waals surface area contributed by atoms with Gasteiger partial charge < -0.3 is 9.47 Å². The minimum absolute atomic E-state index is 0.0287. The molecule has 0 spiro atoms. The first-order chi connectivity index (χ1) is 9.95. The van der Waals surface area contributed by atoms with Crippen molar-refractivity contribution in [2.24, 2.45) is 11.8 Å². The van der Waals surface area contributed by atoms with Crippen LogP contribution in [0.1, 0.15) is 22.8 Å². The third-order valence-electron chi connectivity index (χ3n) is 3.63. The fourth-order valence-electron chi connectivity index (χ4n) is 2.34. The van der Waals surface area contributed by atoms with Crippen LogP contribution >= 0.6 is 0 Å². The minimum atomic E-state index is -0.977. The van der Waals surface area contributed by atoms with E-state index in [2.05, 4.69) is 11.3 Å². The molecule has 0 radical (unpaired) electrons. The van der Waals surface area contributed by atoms with Crippen LogP contribution in [0.25, 0.3) is 5.57 Å². The van der Waals surface area contributed by atoms with E-state index in [1.54, 1.807) is 24.3 Å². The van der Waals surface area contributed by atoms with Crippen molar-refractivity contribution >= 4 is 23.3 Å². The Morgan fingerprint density at radius 1 is 1.24 bits per heavy atom. The Balaban J connectivity index is 2.24. The number of benzene rings is 1. The molecule has 0 amide bonds. The molecular formula is C16H16O5. The van der Waals surface area contributed by atoms with E-state index in [4.69, 9.17) is 4.74 Å². The van der Waals surface area contributed by atoms with E-state index in [9.17, 15) is 14.4 Å². The first-order valence-corrected chi connectivity index (χ1v) is 6.50.